The minimum absolute atomic E-state index is 0.0219. The van der Waals surface area contributed by atoms with Crippen LogP contribution in [0, 0.1) is 5.41 Å². The van der Waals surface area contributed by atoms with Crippen LogP contribution in [-0.2, 0) is 9.59 Å². The van der Waals surface area contributed by atoms with E-state index in [1.807, 2.05) is 13.8 Å². The van der Waals surface area contributed by atoms with Gasteiger partial charge in [0.05, 0.1) is 6.42 Å². The SMILES string of the molecule is CSC1(CNC(=O)CC(C)(C)CC(=O)O)CC1. The third kappa shape index (κ3) is 4.98. The van der Waals surface area contributed by atoms with Gasteiger partial charge in [0.2, 0.25) is 5.91 Å². The molecule has 5 heteroatoms. The van der Waals surface area contributed by atoms with E-state index in [0.29, 0.717) is 6.54 Å². The molecule has 0 saturated heterocycles. The van der Waals surface area contributed by atoms with Crippen LogP contribution in [0.25, 0.3) is 0 Å². The molecular formula is C12H21NO3S. The summed E-state index contributed by atoms with van der Waals surface area (Å²) in [5.41, 5.74) is -0.480. The van der Waals surface area contributed by atoms with Gasteiger partial charge in [0.15, 0.2) is 0 Å². The van der Waals surface area contributed by atoms with Crippen molar-refractivity contribution < 1.29 is 14.7 Å². The lowest BCUT2D eigenvalue weighted by Crippen LogP contribution is -2.35. The average molecular weight is 259 g/mol. The highest BCUT2D eigenvalue weighted by Gasteiger charge is 2.42. The molecular weight excluding hydrogens is 238 g/mol. The van der Waals surface area contributed by atoms with Crippen molar-refractivity contribution in [2.24, 2.45) is 5.41 Å². The van der Waals surface area contributed by atoms with Gasteiger partial charge in [-0.25, -0.2) is 0 Å². The number of carbonyl (C=O) groups is 2. The summed E-state index contributed by atoms with van der Waals surface area (Å²) >= 11 is 1.80. The summed E-state index contributed by atoms with van der Waals surface area (Å²) in [7, 11) is 0. The van der Waals surface area contributed by atoms with Crippen molar-refractivity contribution in [2.45, 2.75) is 44.3 Å². The number of aliphatic carboxylic acids is 1. The van der Waals surface area contributed by atoms with Gasteiger partial charge in [-0.15, -0.1) is 0 Å². The van der Waals surface area contributed by atoms with E-state index in [1.54, 1.807) is 11.8 Å². The standard InChI is InChI=1S/C12H21NO3S/c1-11(2,7-10(15)16)6-9(14)13-8-12(17-3)4-5-12/h4-8H2,1-3H3,(H,13,14)(H,15,16). The van der Waals surface area contributed by atoms with Crippen molar-refractivity contribution in [3.05, 3.63) is 0 Å². The smallest absolute Gasteiger partial charge is 0.303 e. The number of carboxylic acids is 1. The van der Waals surface area contributed by atoms with Gasteiger partial charge in [-0.1, -0.05) is 13.8 Å². The minimum Gasteiger partial charge on any atom is -0.481 e. The first-order chi connectivity index (χ1) is 7.79. The monoisotopic (exact) mass is 259 g/mol. The number of carbonyl (C=O) groups excluding carboxylic acids is 1. The molecule has 0 radical (unpaired) electrons. The van der Waals surface area contributed by atoms with Crippen LogP contribution in [0.15, 0.2) is 0 Å². The lowest BCUT2D eigenvalue weighted by atomic mass is 9.85. The number of amides is 1. The van der Waals surface area contributed by atoms with Gasteiger partial charge >= 0.3 is 5.97 Å². The molecule has 0 spiro atoms. The van der Waals surface area contributed by atoms with E-state index >= 15 is 0 Å². The van der Waals surface area contributed by atoms with Crippen molar-refractivity contribution in [2.75, 3.05) is 12.8 Å². The van der Waals surface area contributed by atoms with E-state index < -0.39 is 11.4 Å². The third-order valence-corrected chi connectivity index (χ3v) is 4.54. The Kier molecular flexibility index (Phi) is 4.47. The Balaban J connectivity index is 2.31. The summed E-state index contributed by atoms with van der Waals surface area (Å²) in [5.74, 6) is -0.901. The maximum Gasteiger partial charge on any atom is 0.303 e. The number of carboxylic acid groups (broad SMARTS) is 1. The van der Waals surface area contributed by atoms with Gasteiger partial charge in [0.25, 0.3) is 0 Å². The lowest BCUT2D eigenvalue weighted by Gasteiger charge is -2.22. The molecule has 1 aliphatic rings. The molecule has 0 aliphatic heterocycles. The highest BCUT2D eigenvalue weighted by molar-refractivity contribution is 8.00. The molecule has 0 atom stereocenters. The molecule has 4 nitrogen and oxygen atoms in total. The molecule has 1 fully saturated rings. The Bertz CT molecular complexity index is 311. The molecule has 1 aliphatic carbocycles. The summed E-state index contributed by atoms with van der Waals surface area (Å²) in [5, 5.41) is 11.6. The first-order valence-corrected chi connectivity index (χ1v) is 7.05. The van der Waals surface area contributed by atoms with Crippen LogP contribution in [0.3, 0.4) is 0 Å². The topological polar surface area (TPSA) is 66.4 Å². The molecule has 2 N–H and O–H groups in total. The number of nitrogens with one attached hydrogen (secondary N) is 1. The van der Waals surface area contributed by atoms with E-state index in [1.165, 1.54) is 0 Å². The van der Waals surface area contributed by atoms with E-state index in [-0.39, 0.29) is 23.5 Å². The van der Waals surface area contributed by atoms with Gasteiger partial charge in [0, 0.05) is 17.7 Å². The minimum atomic E-state index is -0.856. The molecule has 0 heterocycles. The van der Waals surface area contributed by atoms with Crippen molar-refractivity contribution >= 4 is 23.6 Å². The number of hydrogen-bond acceptors (Lipinski definition) is 3. The molecule has 1 amide bonds. The molecule has 0 aromatic heterocycles. The maximum absolute atomic E-state index is 11.7. The van der Waals surface area contributed by atoms with E-state index in [4.69, 9.17) is 5.11 Å². The molecule has 0 bridgehead atoms. The molecule has 0 aromatic carbocycles. The van der Waals surface area contributed by atoms with Crippen LogP contribution in [-0.4, -0.2) is 34.5 Å². The zero-order valence-corrected chi connectivity index (χ0v) is 11.5. The third-order valence-electron chi connectivity index (χ3n) is 3.12. The molecule has 0 unspecified atom stereocenters. The van der Waals surface area contributed by atoms with Crippen LogP contribution >= 0.6 is 11.8 Å². The number of rotatable bonds is 7. The van der Waals surface area contributed by atoms with Crippen LogP contribution in [0.2, 0.25) is 0 Å². The van der Waals surface area contributed by atoms with E-state index in [0.717, 1.165) is 12.8 Å². The summed E-state index contributed by atoms with van der Waals surface area (Å²) < 4.78 is 0.257. The molecule has 1 saturated carbocycles. The molecule has 17 heavy (non-hydrogen) atoms. The second-order valence-electron chi connectivity index (χ2n) is 5.58. The summed E-state index contributed by atoms with van der Waals surface area (Å²) in [6, 6.07) is 0. The van der Waals surface area contributed by atoms with Crippen LogP contribution in [0.4, 0.5) is 0 Å². The van der Waals surface area contributed by atoms with Crippen molar-refractivity contribution in [1.82, 2.24) is 5.32 Å². The number of hydrogen-bond donors (Lipinski definition) is 2. The predicted molar refractivity (Wildman–Crippen MR) is 69.1 cm³/mol. The predicted octanol–water partition coefficient (Wildman–Crippen LogP) is 1.89. The average Bonchev–Trinajstić information content (AvgIpc) is 2.92. The second kappa shape index (κ2) is 5.29. The summed E-state index contributed by atoms with van der Waals surface area (Å²) in [4.78, 5) is 22.4. The first kappa shape index (κ1) is 14.4. The second-order valence-corrected chi connectivity index (χ2v) is 6.85. The quantitative estimate of drug-likeness (QED) is 0.732. The fourth-order valence-corrected chi connectivity index (χ4v) is 2.55. The van der Waals surface area contributed by atoms with Gasteiger partial charge < -0.3 is 10.4 Å². The van der Waals surface area contributed by atoms with Crippen LogP contribution < -0.4 is 5.32 Å². The Labute approximate surface area is 107 Å². The van der Waals surface area contributed by atoms with Gasteiger partial charge in [-0.05, 0) is 24.5 Å². The van der Waals surface area contributed by atoms with Crippen molar-refractivity contribution in [3.63, 3.8) is 0 Å². The Hall–Kier alpha value is -0.710. The fraction of sp³-hybridized carbons (Fsp3) is 0.833. The van der Waals surface area contributed by atoms with E-state index in [9.17, 15) is 9.59 Å². The molecule has 0 aromatic rings. The van der Waals surface area contributed by atoms with Crippen molar-refractivity contribution in [3.8, 4) is 0 Å². The molecule has 1 rings (SSSR count). The Morgan fingerprint density at radius 2 is 1.94 bits per heavy atom. The number of thioether (sulfide) groups is 1. The normalized spacial score (nSPS) is 17.6. The van der Waals surface area contributed by atoms with E-state index in [2.05, 4.69) is 11.6 Å². The Morgan fingerprint density at radius 3 is 2.35 bits per heavy atom. The highest BCUT2D eigenvalue weighted by Crippen LogP contribution is 2.46. The Morgan fingerprint density at radius 1 is 1.35 bits per heavy atom. The lowest BCUT2D eigenvalue weighted by molar-refractivity contribution is -0.139. The highest BCUT2D eigenvalue weighted by atomic mass is 32.2. The van der Waals surface area contributed by atoms with Crippen molar-refractivity contribution in [1.29, 1.82) is 0 Å². The van der Waals surface area contributed by atoms with Gasteiger partial charge in [0.1, 0.15) is 0 Å². The zero-order valence-electron chi connectivity index (χ0n) is 10.7. The van der Waals surface area contributed by atoms with Gasteiger partial charge in [-0.2, -0.15) is 11.8 Å². The zero-order chi connectivity index (χ0) is 13.1. The van der Waals surface area contributed by atoms with Crippen LogP contribution in [0.1, 0.15) is 39.5 Å². The fourth-order valence-electron chi connectivity index (χ4n) is 1.82. The molecule has 98 valence electrons. The maximum atomic E-state index is 11.7. The first-order valence-electron chi connectivity index (χ1n) is 5.82. The summed E-state index contributed by atoms with van der Waals surface area (Å²) in [6.07, 6.45) is 4.67. The summed E-state index contributed by atoms with van der Waals surface area (Å²) in [6.45, 7) is 4.32. The van der Waals surface area contributed by atoms with Crippen LogP contribution in [0.5, 0.6) is 0 Å². The largest absolute Gasteiger partial charge is 0.481 e. The van der Waals surface area contributed by atoms with Gasteiger partial charge in [-0.3, -0.25) is 9.59 Å².